The second-order valence-electron chi connectivity index (χ2n) is 8.56. The average Bonchev–Trinajstić information content (AvgIpc) is 3.23. The van der Waals surface area contributed by atoms with Crippen LogP contribution in [0, 0.1) is 11.3 Å². The van der Waals surface area contributed by atoms with Crippen molar-refractivity contribution in [3.05, 3.63) is 84.4 Å². The topological polar surface area (TPSA) is 67.4 Å². The molecule has 2 unspecified atom stereocenters. The van der Waals surface area contributed by atoms with Crippen LogP contribution < -0.4 is 10.6 Å². The second-order valence-corrected chi connectivity index (χ2v) is 8.56. The van der Waals surface area contributed by atoms with Gasteiger partial charge in [-0.15, -0.1) is 0 Å². The summed E-state index contributed by atoms with van der Waals surface area (Å²) in [5.74, 6) is 0.115. The van der Waals surface area contributed by atoms with Crippen LogP contribution in [0.5, 0.6) is 0 Å². The minimum atomic E-state index is -0.474. The third-order valence-electron chi connectivity index (χ3n) is 6.47. The van der Waals surface area contributed by atoms with Gasteiger partial charge >= 0.3 is 12.0 Å². The van der Waals surface area contributed by atoms with E-state index < -0.39 is 5.41 Å². The summed E-state index contributed by atoms with van der Waals surface area (Å²) in [4.78, 5) is 25.0. The van der Waals surface area contributed by atoms with Gasteiger partial charge in [0.2, 0.25) is 0 Å². The van der Waals surface area contributed by atoms with Gasteiger partial charge in [0.1, 0.15) is 0 Å². The van der Waals surface area contributed by atoms with Crippen molar-refractivity contribution in [2.75, 3.05) is 17.2 Å². The predicted octanol–water partition coefficient (Wildman–Crippen LogP) is 5.54. The summed E-state index contributed by atoms with van der Waals surface area (Å²) in [6, 6.07) is 21.1. The van der Waals surface area contributed by atoms with E-state index in [0.717, 1.165) is 34.0 Å². The number of carbonyl (C=O) groups excluding carboxylic acids is 2. The number of fused-ring (bicyclic) bond motifs is 2. The van der Waals surface area contributed by atoms with Gasteiger partial charge in [0.05, 0.1) is 17.7 Å². The summed E-state index contributed by atoms with van der Waals surface area (Å²) in [5.41, 5.74) is 3.17. The third-order valence-corrected chi connectivity index (χ3v) is 6.47. The van der Waals surface area contributed by atoms with Crippen LogP contribution in [0.25, 0.3) is 10.8 Å². The van der Waals surface area contributed by atoms with Crippen molar-refractivity contribution in [2.24, 2.45) is 11.3 Å². The SMILES string of the molecule is C=C1CC2COC(=O)C2(Cc2ccc(NC(=O)Nc3cccc4ccccc34)cc2)C1. The van der Waals surface area contributed by atoms with Gasteiger partial charge in [0.25, 0.3) is 0 Å². The summed E-state index contributed by atoms with van der Waals surface area (Å²) in [6.45, 7) is 4.59. The van der Waals surface area contributed by atoms with E-state index in [1.54, 1.807) is 0 Å². The van der Waals surface area contributed by atoms with Gasteiger partial charge in [0.15, 0.2) is 0 Å². The molecule has 156 valence electrons. The maximum absolute atomic E-state index is 12.5. The zero-order valence-corrected chi connectivity index (χ0v) is 17.2. The van der Waals surface area contributed by atoms with Crippen molar-refractivity contribution < 1.29 is 14.3 Å². The number of carbonyl (C=O) groups is 2. The van der Waals surface area contributed by atoms with Gasteiger partial charge in [-0.25, -0.2) is 4.79 Å². The number of urea groups is 1. The first kappa shape index (κ1) is 19.4. The van der Waals surface area contributed by atoms with Crippen molar-refractivity contribution in [3.63, 3.8) is 0 Å². The monoisotopic (exact) mass is 412 g/mol. The van der Waals surface area contributed by atoms with E-state index in [0.29, 0.717) is 25.1 Å². The van der Waals surface area contributed by atoms with Crippen LogP contribution in [0.15, 0.2) is 78.9 Å². The van der Waals surface area contributed by atoms with Crippen LogP contribution in [-0.2, 0) is 16.0 Å². The molecule has 31 heavy (non-hydrogen) atoms. The smallest absolute Gasteiger partial charge is 0.323 e. The van der Waals surface area contributed by atoms with Crippen LogP contribution >= 0.6 is 0 Å². The number of nitrogens with one attached hydrogen (secondary N) is 2. The lowest BCUT2D eigenvalue weighted by Gasteiger charge is -2.24. The lowest BCUT2D eigenvalue weighted by molar-refractivity contribution is -0.146. The molecule has 1 aliphatic heterocycles. The maximum Gasteiger partial charge on any atom is 0.323 e. The van der Waals surface area contributed by atoms with Crippen LogP contribution in [0.4, 0.5) is 16.2 Å². The van der Waals surface area contributed by atoms with Crippen molar-refractivity contribution in [1.29, 1.82) is 0 Å². The molecule has 2 aliphatic rings. The van der Waals surface area contributed by atoms with Crippen LogP contribution in [0.3, 0.4) is 0 Å². The van der Waals surface area contributed by atoms with Crippen LogP contribution in [0.1, 0.15) is 18.4 Å². The van der Waals surface area contributed by atoms with Gasteiger partial charge in [-0.1, -0.05) is 60.7 Å². The molecule has 2 atom stereocenters. The second kappa shape index (κ2) is 7.58. The molecule has 5 nitrogen and oxygen atoms in total. The molecule has 1 saturated carbocycles. The van der Waals surface area contributed by atoms with Crippen molar-refractivity contribution in [2.45, 2.75) is 19.3 Å². The highest BCUT2D eigenvalue weighted by atomic mass is 16.5. The minimum Gasteiger partial charge on any atom is -0.465 e. The molecule has 2 amide bonds. The lowest BCUT2D eigenvalue weighted by Crippen LogP contribution is -2.31. The van der Waals surface area contributed by atoms with Gasteiger partial charge in [-0.3, -0.25) is 4.79 Å². The third kappa shape index (κ3) is 3.56. The van der Waals surface area contributed by atoms with Crippen LogP contribution in [0.2, 0.25) is 0 Å². The molecule has 1 saturated heterocycles. The first-order chi connectivity index (χ1) is 15.0. The Morgan fingerprint density at radius 3 is 2.65 bits per heavy atom. The fourth-order valence-corrected chi connectivity index (χ4v) is 4.95. The van der Waals surface area contributed by atoms with Gasteiger partial charge in [-0.2, -0.15) is 0 Å². The van der Waals surface area contributed by atoms with Crippen LogP contribution in [-0.4, -0.2) is 18.6 Å². The van der Waals surface area contributed by atoms with E-state index in [2.05, 4.69) is 17.2 Å². The largest absolute Gasteiger partial charge is 0.465 e. The lowest BCUT2D eigenvalue weighted by atomic mass is 9.75. The maximum atomic E-state index is 12.5. The van der Waals surface area contributed by atoms with Crippen molar-refractivity contribution in [3.8, 4) is 0 Å². The molecule has 1 aliphatic carbocycles. The minimum absolute atomic E-state index is 0.104. The molecule has 0 aromatic heterocycles. The van der Waals surface area contributed by atoms with E-state index in [9.17, 15) is 9.59 Å². The van der Waals surface area contributed by atoms with E-state index in [-0.39, 0.29) is 17.9 Å². The Balaban J connectivity index is 1.27. The number of rotatable bonds is 4. The van der Waals surface area contributed by atoms with E-state index in [4.69, 9.17) is 4.74 Å². The summed E-state index contributed by atoms with van der Waals surface area (Å²) in [6.07, 6.45) is 2.20. The highest BCUT2D eigenvalue weighted by Gasteiger charge is 2.55. The number of benzene rings is 3. The van der Waals surface area contributed by atoms with Gasteiger partial charge in [0, 0.05) is 17.0 Å². The number of amides is 2. The number of esters is 1. The highest BCUT2D eigenvalue weighted by molar-refractivity contribution is 6.06. The normalized spacial score (nSPS) is 22.3. The number of anilines is 2. The molecule has 0 bridgehead atoms. The number of ether oxygens (including phenoxy) is 1. The molecule has 2 N–H and O–H groups in total. The van der Waals surface area contributed by atoms with Gasteiger partial charge in [-0.05, 0) is 48.4 Å². The Kier molecular flexibility index (Phi) is 4.74. The van der Waals surface area contributed by atoms with E-state index >= 15 is 0 Å². The Morgan fingerprint density at radius 1 is 1.03 bits per heavy atom. The zero-order valence-electron chi connectivity index (χ0n) is 17.2. The highest BCUT2D eigenvalue weighted by Crippen LogP contribution is 2.52. The summed E-state index contributed by atoms with van der Waals surface area (Å²) in [5, 5.41) is 7.87. The summed E-state index contributed by atoms with van der Waals surface area (Å²) < 4.78 is 5.36. The Bertz CT molecular complexity index is 1180. The van der Waals surface area contributed by atoms with Crippen molar-refractivity contribution >= 4 is 34.1 Å². The van der Waals surface area contributed by atoms with Crippen molar-refractivity contribution in [1.82, 2.24) is 0 Å². The standard InChI is InChI=1S/C26H24N2O3/c1-17-13-20-16-31-24(29)26(20,14-17)15-18-9-11-21(12-10-18)27-25(30)28-23-8-4-6-19-5-2-3-7-22(19)23/h2-12,20H,1,13-16H2,(H2,27,28,30). The average molecular weight is 412 g/mol. The Morgan fingerprint density at radius 2 is 1.81 bits per heavy atom. The Hall–Kier alpha value is -3.60. The zero-order chi connectivity index (χ0) is 21.4. The molecular weight excluding hydrogens is 388 g/mol. The molecule has 3 aromatic carbocycles. The molecule has 5 rings (SSSR count). The molecule has 0 spiro atoms. The Labute approximate surface area is 181 Å². The van der Waals surface area contributed by atoms with E-state index in [1.165, 1.54) is 0 Å². The first-order valence-corrected chi connectivity index (χ1v) is 10.5. The number of allylic oxidation sites excluding steroid dienone is 1. The first-order valence-electron chi connectivity index (χ1n) is 10.5. The molecule has 0 radical (unpaired) electrons. The fourth-order valence-electron chi connectivity index (χ4n) is 4.95. The number of hydrogen-bond acceptors (Lipinski definition) is 3. The molecule has 3 aromatic rings. The molecular formula is C26H24N2O3. The molecule has 2 fully saturated rings. The fraction of sp³-hybridized carbons (Fsp3) is 0.231. The molecule has 1 heterocycles. The van der Waals surface area contributed by atoms with E-state index in [1.807, 2.05) is 66.7 Å². The summed E-state index contributed by atoms with van der Waals surface area (Å²) >= 11 is 0. The van der Waals surface area contributed by atoms with Gasteiger partial charge < -0.3 is 15.4 Å². The number of cyclic esters (lactones) is 1. The summed E-state index contributed by atoms with van der Waals surface area (Å²) in [7, 11) is 0. The number of hydrogen-bond donors (Lipinski definition) is 2. The molecule has 5 heteroatoms. The quantitative estimate of drug-likeness (QED) is 0.437. The predicted molar refractivity (Wildman–Crippen MR) is 122 cm³/mol.